The van der Waals surface area contributed by atoms with Crippen LogP contribution in [-0.2, 0) is 10.0 Å². The van der Waals surface area contributed by atoms with Crippen LogP contribution in [0, 0.1) is 5.92 Å². The van der Waals surface area contributed by atoms with E-state index in [0.717, 1.165) is 19.4 Å². The standard InChI is InChI=1S/C16H23N3O3S/c1-12-11-19(8-7-17-12)16(20)14-3-2-4-15(9-14)23(21,22)18-10-13-5-6-13/h2-4,9,12-13,17-18H,5-8,10-11H2,1H3. The lowest BCUT2D eigenvalue weighted by molar-refractivity contribution is 0.0709. The minimum atomic E-state index is -3.55. The molecule has 1 atom stereocenters. The number of carbonyl (C=O) groups is 1. The quantitative estimate of drug-likeness (QED) is 0.833. The van der Waals surface area contributed by atoms with Crippen molar-refractivity contribution in [3.8, 4) is 0 Å². The topological polar surface area (TPSA) is 78.5 Å². The fraction of sp³-hybridized carbons (Fsp3) is 0.562. The number of nitrogens with one attached hydrogen (secondary N) is 2. The number of nitrogens with zero attached hydrogens (tertiary/aromatic N) is 1. The first-order chi connectivity index (χ1) is 11.0. The molecule has 0 radical (unpaired) electrons. The van der Waals surface area contributed by atoms with Crippen molar-refractivity contribution in [3.05, 3.63) is 29.8 Å². The van der Waals surface area contributed by atoms with Gasteiger partial charge in [-0.2, -0.15) is 0 Å². The monoisotopic (exact) mass is 337 g/mol. The molecular weight excluding hydrogens is 314 g/mol. The summed E-state index contributed by atoms with van der Waals surface area (Å²) in [7, 11) is -3.55. The minimum absolute atomic E-state index is 0.113. The van der Waals surface area contributed by atoms with E-state index in [1.54, 1.807) is 17.0 Å². The van der Waals surface area contributed by atoms with Crippen LogP contribution in [0.5, 0.6) is 0 Å². The highest BCUT2D eigenvalue weighted by atomic mass is 32.2. The van der Waals surface area contributed by atoms with Gasteiger partial charge < -0.3 is 10.2 Å². The lowest BCUT2D eigenvalue weighted by Crippen LogP contribution is -2.51. The number of amides is 1. The number of hydrogen-bond acceptors (Lipinski definition) is 4. The van der Waals surface area contributed by atoms with Gasteiger partial charge in [-0.05, 0) is 43.9 Å². The van der Waals surface area contributed by atoms with E-state index in [0.29, 0.717) is 31.1 Å². The van der Waals surface area contributed by atoms with Gasteiger partial charge in [-0.25, -0.2) is 13.1 Å². The summed E-state index contributed by atoms with van der Waals surface area (Å²) in [5.74, 6) is 0.356. The Kier molecular flexibility index (Phi) is 4.70. The van der Waals surface area contributed by atoms with Crippen molar-refractivity contribution in [3.63, 3.8) is 0 Å². The van der Waals surface area contributed by atoms with Crippen LogP contribution in [0.15, 0.2) is 29.2 Å². The van der Waals surface area contributed by atoms with Crippen LogP contribution in [0.3, 0.4) is 0 Å². The Bertz CT molecular complexity index is 686. The molecule has 1 unspecified atom stereocenters. The van der Waals surface area contributed by atoms with Crippen LogP contribution in [0.2, 0.25) is 0 Å². The van der Waals surface area contributed by atoms with Gasteiger partial charge >= 0.3 is 0 Å². The maximum absolute atomic E-state index is 12.6. The molecule has 1 saturated carbocycles. The van der Waals surface area contributed by atoms with Crippen LogP contribution in [-0.4, -0.2) is 51.4 Å². The van der Waals surface area contributed by atoms with Crippen molar-refractivity contribution < 1.29 is 13.2 Å². The molecule has 0 bridgehead atoms. The Labute approximate surface area is 137 Å². The number of hydrogen-bond donors (Lipinski definition) is 2. The van der Waals surface area contributed by atoms with E-state index in [1.807, 2.05) is 6.92 Å². The second-order valence-electron chi connectivity index (χ2n) is 6.43. The molecule has 2 aliphatic rings. The number of piperazine rings is 1. The van der Waals surface area contributed by atoms with E-state index >= 15 is 0 Å². The Morgan fingerprint density at radius 1 is 1.39 bits per heavy atom. The van der Waals surface area contributed by atoms with Crippen molar-refractivity contribution >= 4 is 15.9 Å². The molecule has 1 heterocycles. The fourth-order valence-electron chi connectivity index (χ4n) is 2.73. The smallest absolute Gasteiger partial charge is 0.253 e. The minimum Gasteiger partial charge on any atom is -0.336 e. The Hall–Kier alpha value is -1.44. The zero-order chi connectivity index (χ0) is 16.4. The highest BCUT2D eigenvalue weighted by Crippen LogP contribution is 2.28. The average Bonchev–Trinajstić information content (AvgIpc) is 3.37. The first-order valence-corrected chi connectivity index (χ1v) is 9.56. The van der Waals surface area contributed by atoms with Gasteiger partial charge in [0.25, 0.3) is 5.91 Å². The lowest BCUT2D eigenvalue weighted by atomic mass is 10.1. The first kappa shape index (κ1) is 16.4. The summed E-state index contributed by atoms with van der Waals surface area (Å²) in [6, 6.07) is 6.57. The third-order valence-electron chi connectivity index (χ3n) is 4.31. The molecule has 1 saturated heterocycles. The van der Waals surface area contributed by atoms with E-state index in [-0.39, 0.29) is 16.8 Å². The summed E-state index contributed by atoms with van der Waals surface area (Å²) in [5, 5.41) is 3.29. The number of benzene rings is 1. The molecule has 1 aromatic rings. The van der Waals surface area contributed by atoms with Crippen LogP contribution in [0.4, 0.5) is 0 Å². The molecule has 7 heteroatoms. The predicted molar refractivity (Wildman–Crippen MR) is 87.7 cm³/mol. The van der Waals surface area contributed by atoms with Crippen LogP contribution in [0.25, 0.3) is 0 Å². The second kappa shape index (κ2) is 6.59. The largest absolute Gasteiger partial charge is 0.336 e. The molecular formula is C16H23N3O3S. The van der Waals surface area contributed by atoms with Gasteiger partial charge in [-0.3, -0.25) is 4.79 Å². The second-order valence-corrected chi connectivity index (χ2v) is 8.20. The summed E-state index contributed by atoms with van der Waals surface area (Å²) in [5.41, 5.74) is 0.424. The van der Waals surface area contributed by atoms with Gasteiger partial charge in [-0.15, -0.1) is 0 Å². The summed E-state index contributed by atoms with van der Waals surface area (Å²) >= 11 is 0. The average molecular weight is 337 g/mol. The van der Waals surface area contributed by atoms with E-state index in [2.05, 4.69) is 10.0 Å². The van der Waals surface area contributed by atoms with Crippen molar-refractivity contribution in [2.75, 3.05) is 26.2 Å². The Balaban J connectivity index is 1.74. The highest BCUT2D eigenvalue weighted by molar-refractivity contribution is 7.89. The fourth-order valence-corrected chi connectivity index (χ4v) is 3.89. The Morgan fingerprint density at radius 3 is 2.87 bits per heavy atom. The lowest BCUT2D eigenvalue weighted by Gasteiger charge is -2.32. The normalized spacial score (nSPS) is 22.1. The number of carbonyl (C=O) groups excluding carboxylic acids is 1. The molecule has 1 aliphatic heterocycles. The van der Waals surface area contributed by atoms with Gasteiger partial charge in [-0.1, -0.05) is 6.07 Å². The molecule has 23 heavy (non-hydrogen) atoms. The highest BCUT2D eigenvalue weighted by Gasteiger charge is 2.26. The van der Waals surface area contributed by atoms with E-state index in [1.165, 1.54) is 12.1 Å². The summed E-state index contributed by atoms with van der Waals surface area (Å²) < 4.78 is 27.3. The predicted octanol–water partition coefficient (Wildman–Crippen LogP) is 0.809. The molecule has 1 aliphatic carbocycles. The van der Waals surface area contributed by atoms with Crippen LogP contribution >= 0.6 is 0 Å². The SMILES string of the molecule is CC1CN(C(=O)c2cccc(S(=O)(=O)NCC3CC3)c2)CCN1. The third kappa shape index (κ3) is 4.10. The van der Waals surface area contributed by atoms with Gasteiger partial charge in [0, 0.05) is 37.8 Å². The summed E-state index contributed by atoms with van der Waals surface area (Å²) in [6.07, 6.45) is 2.17. The third-order valence-corrected chi connectivity index (χ3v) is 5.73. The van der Waals surface area contributed by atoms with Crippen molar-refractivity contribution in [1.82, 2.24) is 14.9 Å². The van der Waals surface area contributed by atoms with E-state index in [4.69, 9.17) is 0 Å². The molecule has 1 amide bonds. The van der Waals surface area contributed by atoms with Gasteiger partial charge in [0.15, 0.2) is 0 Å². The molecule has 2 fully saturated rings. The van der Waals surface area contributed by atoms with Crippen molar-refractivity contribution in [2.45, 2.75) is 30.7 Å². The maximum Gasteiger partial charge on any atom is 0.253 e. The molecule has 1 aromatic carbocycles. The van der Waals surface area contributed by atoms with Gasteiger partial charge in [0.2, 0.25) is 10.0 Å². The zero-order valence-corrected chi connectivity index (χ0v) is 14.1. The maximum atomic E-state index is 12.6. The van der Waals surface area contributed by atoms with Gasteiger partial charge in [0.05, 0.1) is 4.90 Å². The molecule has 6 nitrogen and oxygen atoms in total. The first-order valence-electron chi connectivity index (χ1n) is 8.08. The molecule has 126 valence electrons. The summed E-state index contributed by atoms with van der Waals surface area (Å²) in [6.45, 7) is 4.54. The van der Waals surface area contributed by atoms with Crippen molar-refractivity contribution in [2.24, 2.45) is 5.92 Å². The van der Waals surface area contributed by atoms with Crippen LogP contribution < -0.4 is 10.0 Å². The number of rotatable bonds is 5. The molecule has 0 aromatic heterocycles. The van der Waals surface area contributed by atoms with E-state index < -0.39 is 10.0 Å². The molecule has 3 rings (SSSR count). The Morgan fingerprint density at radius 2 is 2.17 bits per heavy atom. The summed E-state index contributed by atoms with van der Waals surface area (Å²) in [4.78, 5) is 14.5. The van der Waals surface area contributed by atoms with E-state index in [9.17, 15) is 13.2 Å². The van der Waals surface area contributed by atoms with Crippen LogP contribution in [0.1, 0.15) is 30.1 Å². The number of sulfonamides is 1. The zero-order valence-electron chi connectivity index (χ0n) is 13.3. The van der Waals surface area contributed by atoms with Gasteiger partial charge in [0.1, 0.15) is 0 Å². The molecule has 0 spiro atoms. The van der Waals surface area contributed by atoms with Crippen molar-refractivity contribution in [1.29, 1.82) is 0 Å². The molecule has 2 N–H and O–H groups in total.